The van der Waals surface area contributed by atoms with Gasteiger partial charge in [-0.05, 0) is 0 Å². The molecule has 0 aromatic rings. The van der Waals surface area contributed by atoms with Crippen molar-refractivity contribution in [3.05, 3.63) is 10.1 Å². The minimum absolute atomic E-state index is 0.0532. The van der Waals surface area contributed by atoms with E-state index in [0.717, 1.165) is 4.90 Å². The van der Waals surface area contributed by atoms with E-state index in [0.29, 0.717) is 0 Å². The van der Waals surface area contributed by atoms with Gasteiger partial charge in [0, 0.05) is 5.23 Å². The molecule has 0 aromatic heterocycles. The van der Waals surface area contributed by atoms with Crippen LogP contribution >= 0.6 is 15.9 Å². The summed E-state index contributed by atoms with van der Waals surface area (Å²) in [6.07, 6.45) is 0. The predicted octanol–water partition coefficient (Wildman–Crippen LogP) is -0.723. The quantitative estimate of drug-likeness (QED) is 0.303. The van der Waals surface area contributed by atoms with Crippen molar-refractivity contribution in [1.82, 2.24) is 10.1 Å². The molecule has 0 bridgehead atoms. The smallest absolute Gasteiger partial charge is 0.324 e. The van der Waals surface area contributed by atoms with Gasteiger partial charge < -0.3 is 4.90 Å². The van der Waals surface area contributed by atoms with Crippen molar-refractivity contribution in [3.8, 4) is 0 Å². The summed E-state index contributed by atoms with van der Waals surface area (Å²) in [5.41, 5.74) is -1.97. The molecule has 0 radical (unpaired) electrons. The SMILES string of the molecule is O=C(CBr)N1CC(N(O)O)([N+](=O)[O-])C1. The number of hydrogen-bond acceptors (Lipinski definition) is 6. The van der Waals surface area contributed by atoms with Crippen LogP contribution < -0.4 is 0 Å². The Kier molecular flexibility index (Phi) is 3.04. The molecule has 1 rings (SSSR count). The van der Waals surface area contributed by atoms with Gasteiger partial charge in [0.25, 0.3) is 0 Å². The number of amides is 1. The van der Waals surface area contributed by atoms with Crippen molar-refractivity contribution in [3.63, 3.8) is 0 Å². The first-order valence-electron chi connectivity index (χ1n) is 3.60. The van der Waals surface area contributed by atoms with Crippen molar-refractivity contribution in [2.24, 2.45) is 0 Å². The molecule has 14 heavy (non-hydrogen) atoms. The van der Waals surface area contributed by atoms with Crippen molar-refractivity contribution in [2.75, 3.05) is 18.4 Å². The summed E-state index contributed by atoms with van der Waals surface area (Å²) in [7, 11) is 0. The molecule has 2 N–H and O–H groups in total. The lowest BCUT2D eigenvalue weighted by molar-refractivity contribution is -0.673. The average Bonchev–Trinajstić information content (AvgIpc) is 2.00. The van der Waals surface area contributed by atoms with Crippen LogP contribution in [0.4, 0.5) is 0 Å². The second kappa shape index (κ2) is 3.77. The fourth-order valence-electron chi connectivity index (χ4n) is 1.14. The fraction of sp³-hybridized carbons (Fsp3) is 0.800. The van der Waals surface area contributed by atoms with Crippen LogP contribution in [-0.2, 0) is 4.79 Å². The van der Waals surface area contributed by atoms with E-state index in [2.05, 4.69) is 15.9 Å². The van der Waals surface area contributed by atoms with Gasteiger partial charge in [-0.25, -0.2) is 0 Å². The van der Waals surface area contributed by atoms with Crippen molar-refractivity contribution >= 4 is 21.8 Å². The van der Waals surface area contributed by atoms with Crippen LogP contribution in [0, 0.1) is 10.1 Å². The third-order valence-electron chi connectivity index (χ3n) is 2.07. The van der Waals surface area contributed by atoms with Gasteiger partial charge in [-0.2, -0.15) is 0 Å². The minimum Gasteiger partial charge on any atom is -0.324 e. The van der Waals surface area contributed by atoms with Crippen molar-refractivity contribution in [2.45, 2.75) is 5.66 Å². The molecule has 0 spiro atoms. The van der Waals surface area contributed by atoms with Crippen LogP contribution in [0.1, 0.15) is 0 Å². The first-order valence-corrected chi connectivity index (χ1v) is 4.72. The van der Waals surface area contributed by atoms with Gasteiger partial charge >= 0.3 is 5.66 Å². The Balaban J connectivity index is 2.65. The molecule has 1 heterocycles. The number of hydrogen-bond donors (Lipinski definition) is 2. The minimum atomic E-state index is -1.97. The molecule has 1 aliphatic rings. The van der Waals surface area contributed by atoms with Crippen LogP contribution in [0.5, 0.6) is 0 Å². The highest BCUT2D eigenvalue weighted by Gasteiger charge is 2.61. The summed E-state index contributed by atoms with van der Waals surface area (Å²) in [6, 6.07) is 0. The second-order valence-corrected chi connectivity index (χ2v) is 3.47. The van der Waals surface area contributed by atoms with Gasteiger partial charge in [0.15, 0.2) is 0 Å². The van der Waals surface area contributed by atoms with E-state index >= 15 is 0 Å². The molecule has 80 valence electrons. The third kappa shape index (κ3) is 1.59. The van der Waals surface area contributed by atoms with Gasteiger partial charge in [-0.3, -0.25) is 25.3 Å². The molecule has 8 nitrogen and oxygen atoms in total. The predicted molar refractivity (Wildman–Crippen MR) is 45.5 cm³/mol. The lowest BCUT2D eigenvalue weighted by atomic mass is 10.0. The van der Waals surface area contributed by atoms with E-state index in [4.69, 9.17) is 10.4 Å². The zero-order valence-electron chi connectivity index (χ0n) is 6.96. The van der Waals surface area contributed by atoms with Crippen LogP contribution in [0.3, 0.4) is 0 Å². The number of carbonyl (C=O) groups is 1. The average molecular weight is 270 g/mol. The monoisotopic (exact) mass is 269 g/mol. The van der Waals surface area contributed by atoms with Gasteiger partial charge in [0.2, 0.25) is 5.91 Å². The van der Waals surface area contributed by atoms with Gasteiger partial charge in [0.1, 0.15) is 13.1 Å². The lowest BCUT2D eigenvalue weighted by Gasteiger charge is -2.43. The van der Waals surface area contributed by atoms with Crippen LogP contribution in [0.15, 0.2) is 0 Å². The summed E-state index contributed by atoms with van der Waals surface area (Å²) in [5.74, 6) is -0.329. The Morgan fingerprint density at radius 2 is 2.14 bits per heavy atom. The van der Waals surface area contributed by atoms with Crippen molar-refractivity contribution in [1.29, 1.82) is 0 Å². The number of halogens is 1. The normalized spacial score (nSPS) is 19.3. The molecule has 0 aromatic carbocycles. The maximum Gasteiger partial charge on any atom is 0.355 e. The summed E-state index contributed by atoms with van der Waals surface area (Å²) >= 11 is 2.90. The maximum atomic E-state index is 11.0. The van der Waals surface area contributed by atoms with Crippen molar-refractivity contribution < 1.29 is 20.1 Å². The van der Waals surface area contributed by atoms with E-state index in [1.165, 1.54) is 0 Å². The number of alkyl halides is 1. The largest absolute Gasteiger partial charge is 0.355 e. The number of nitrogens with zero attached hydrogens (tertiary/aromatic N) is 3. The van der Waals surface area contributed by atoms with Gasteiger partial charge in [0.05, 0.1) is 10.3 Å². The maximum absolute atomic E-state index is 11.0. The van der Waals surface area contributed by atoms with Crippen LogP contribution in [0.25, 0.3) is 0 Å². The highest BCUT2D eigenvalue weighted by atomic mass is 79.9. The number of nitro groups is 1. The van der Waals surface area contributed by atoms with Crippen LogP contribution in [-0.4, -0.2) is 55.5 Å². The van der Waals surface area contributed by atoms with E-state index in [1.54, 1.807) is 0 Å². The summed E-state index contributed by atoms with van der Waals surface area (Å²) in [5, 5.41) is 27.4. The van der Waals surface area contributed by atoms with E-state index in [9.17, 15) is 14.9 Å². The number of rotatable bonds is 3. The standard InChI is InChI=1S/C5H8BrN3O5/c6-1-4(10)7-2-5(3-7,8(11)12)9(13)14/h11-12H,1-3H2. The first kappa shape index (κ1) is 11.3. The third-order valence-corrected chi connectivity index (χ3v) is 2.55. The molecule has 1 aliphatic heterocycles. The number of carbonyl (C=O) groups excluding carboxylic acids is 1. The molecule has 0 atom stereocenters. The molecule has 0 unspecified atom stereocenters. The first-order chi connectivity index (χ1) is 6.44. The number of hydroxylamine groups is 2. The second-order valence-electron chi connectivity index (χ2n) is 2.91. The fourth-order valence-corrected chi connectivity index (χ4v) is 1.50. The summed E-state index contributed by atoms with van der Waals surface area (Å²) in [6.45, 7) is -0.672. The lowest BCUT2D eigenvalue weighted by Crippen LogP contribution is -2.73. The molecule has 1 fully saturated rings. The summed E-state index contributed by atoms with van der Waals surface area (Å²) in [4.78, 5) is 21.8. The molecule has 1 saturated heterocycles. The molecule has 9 heteroatoms. The molecular formula is C5H8BrN3O5. The summed E-state index contributed by atoms with van der Waals surface area (Å²) < 4.78 is 0. The Morgan fingerprint density at radius 1 is 1.64 bits per heavy atom. The Labute approximate surface area is 86.9 Å². The Bertz CT molecular complexity index is 264. The van der Waals surface area contributed by atoms with E-state index in [-0.39, 0.29) is 24.3 Å². The number of likely N-dealkylation sites (tertiary alicyclic amines) is 1. The van der Waals surface area contributed by atoms with Gasteiger partial charge in [-0.15, -0.1) is 0 Å². The Hall–Kier alpha value is -0.770. The van der Waals surface area contributed by atoms with Gasteiger partial charge in [-0.1, -0.05) is 15.9 Å². The molecular weight excluding hydrogens is 262 g/mol. The van der Waals surface area contributed by atoms with E-state index < -0.39 is 15.8 Å². The zero-order valence-corrected chi connectivity index (χ0v) is 8.55. The highest BCUT2D eigenvalue weighted by molar-refractivity contribution is 9.09. The molecule has 0 aliphatic carbocycles. The van der Waals surface area contributed by atoms with Crippen LogP contribution in [0.2, 0.25) is 0 Å². The Morgan fingerprint density at radius 3 is 2.43 bits per heavy atom. The van der Waals surface area contributed by atoms with E-state index in [1.807, 2.05) is 0 Å². The molecule has 0 saturated carbocycles. The zero-order chi connectivity index (χ0) is 10.9. The molecule has 1 amide bonds. The topological polar surface area (TPSA) is 107 Å². The highest BCUT2D eigenvalue weighted by Crippen LogP contribution is 2.26.